The van der Waals surface area contributed by atoms with E-state index >= 15 is 0 Å². The Morgan fingerprint density at radius 2 is 1.88 bits per heavy atom. The fourth-order valence-corrected chi connectivity index (χ4v) is 4.37. The van der Waals surface area contributed by atoms with Gasteiger partial charge in [0.25, 0.3) is 0 Å². The number of carbonyl (C=O) groups excluding carboxylic acids is 1. The van der Waals surface area contributed by atoms with Gasteiger partial charge < -0.3 is 4.90 Å². The summed E-state index contributed by atoms with van der Waals surface area (Å²) in [6.45, 7) is 10.6. The van der Waals surface area contributed by atoms with Gasteiger partial charge in [-0.2, -0.15) is 5.10 Å². The lowest BCUT2D eigenvalue weighted by molar-refractivity contribution is -0.127. The number of hydrogen-bond donors (Lipinski definition) is 0. The summed E-state index contributed by atoms with van der Waals surface area (Å²) in [5.41, 5.74) is 1.72. The second kappa shape index (κ2) is 8.57. The van der Waals surface area contributed by atoms with Crippen molar-refractivity contribution in [2.24, 2.45) is 5.92 Å². The Balaban J connectivity index is 1.57. The third-order valence-electron chi connectivity index (χ3n) is 5.51. The molecule has 0 radical (unpaired) electrons. The second-order valence-corrected chi connectivity index (χ2v) is 8.36. The van der Waals surface area contributed by atoms with Crippen LogP contribution in [0, 0.1) is 12.8 Å². The number of halogens is 1. The second-order valence-electron chi connectivity index (χ2n) is 8.00. The average molecular weight is 379 g/mol. The molecule has 1 aromatic heterocycles. The van der Waals surface area contributed by atoms with Crippen LogP contribution in [-0.4, -0.2) is 57.7 Å². The van der Waals surface area contributed by atoms with Crippen LogP contribution in [0.3, 0.4) is 0 Å². The molecule has 3 rings (SSSR count). The van der Waals surface area contributed by atoms with Gasteiger partial charge in [0.05, 0.1) is 5.69 Å². The standard InChI is InChI=1S/C20H31ClN4O/c1-15(2)14-25-20(21)18(16(3)22-25)8-9-19(26)24-12-10-23(11-13-24)17-6-4-5-7-17/h8-9,15,17H,4-7,10-14H2,1-3H3/b9-8+. The van der Waals surface area contributed by atoms with Gasteiger partial charge in [0.2, 0.25) is 5.91 Å². The maximum Gasteiger partial charge on any atom is 0.246 e. The van der Waals surface area contributed by atoms with Crippen LogP contribution < -0.4 is 0 Å². The van der Waals surface area contributed by atoms with Gasteiger partial charge in [-0.25, -0.2) is 0 Å². The zero-order valence-corrected chi connectivity index (χ0v) is 17.0. The molecule has 144 valence electrons. The summed E-state index contributed by atoms with van der Waals surface area (Å²) in [5.74, 6) is 0.546. The first-order valence-electron chi connectivity index (χ1n) is 9.89. The number of piperazine rings is 1. The Morgan fingerprint density at radius 1 is 1.23 bits per heavy atom. The Labute approximate surface area is 162 Å². The Kier molecular flexibility index (Phi) is 6.41. The fourth-order valence-electron chi connectivity index (χ4n) is 4.06. The number of nitrogens with zero attached hydrogens (tertiary/aromatic N) is 4. The first kappa shape index (κ1) is 19.4. The molecule has 2 aliphatic rings. The SMILES string of the molecule is Cc1nn(CC(C)C)c(Cl)c1/C=C/C(=O)N1CCN(C2CCCC2)CC1. The molecule has 0 N–H and O–H groups in total. The molecule has 0 bridgehead atoms. The Hall–Kier alpha value is -1.33. The normalized spacial score (nSPS) is 20.0. The van der Waals surface area contributed by atoms with Crippen LogP contribution in [0.15, 0.2) is 6.08 Å². The van der Waals surface area contributed by atoms with Crippen LogP contribution in [0.5, 0.6) is 0 Å². The highest BCUT2D eigenvalue weighted by Crippen LogP contribution is 2.25. The maximum atomic E-state index is 12.6. The highest BCUT2D eigenvalue weighted by atomic mass is 35.5. The van der Waals surface area contributed by atoms with Gasteiger partial charge in [-0.15, -0.1) is 0 Å². The minimum absolute atomic E-state index is 0.0724. The van der Waals surface area contributed by atoms with Gasteiger partial charge >= 0.3 is 0 Å². The molecule has 0 spiro atoms. The molecule has 2 fully saturated rings. The van der Waals surface area contributed by atoms with E-state index in [4.69, 9.17) is 11.6 Å². The Morgan fingerprint density at radius 3 is 2.50 bits per heavy atom. The minimum atomic E-state index is 0.0724. The van der Waals surface area contributed by atoms with Crippen molar-refractivity contribution in [1.29, 1.82) is 0 Å². The number of aryl methyl sites for hydroxylation is 1. The van der Waals surface area contributed by atoms with E-state index in [1.54, 1.807) is 6.08 Å². The van der Waals surface area contributed by atoms with Crippen LogP contribution in [0.4, 0.5) is 0 Å². The summed E-state index contributed by atoms with van der Waals surface area (Å²) in [5, 5.41) is 5.11. The molecule has 6 heteroatoms. The van der Waals surface area contributed by atoms with Crippen molar-refractivity contribution in [3.05, 3.63) is 22.5 Å². The lowest BCUT2D eigenvalue weighted by Crippen LogP contribution is -2.51. The molecular weight excluding hydrogens is 348 g/mol. The molecule has 1 amide bonds. The lowest BCUT2D eigenvalue weighted by atomic mass is 10.1. The molecule has 5 nitrogen and oxygen atoms in total. The smallest absolute Gasteiger partial charge is 0.246 e. The molecule has 1 aromatic rings. The molecule has 2 heterocycles. The molecule has 0 aromatic carbocycles. The zero-order valence-electron chi connectivity index (χ0n) is 16.2. The van der Waals surface area contributed by atoms with E-state index in [1.807, 2.05) is 22.6 Å². The number of rotatable bonds is 5. The van der Waals surface area contributed by atoms with Crippen molar-refractivity contribution < 1.29 is 4.79 Å². The summed E-state index contributed by atoms with van der Waals surface area (Å²) >= 11 is 6.45. The van der Waals surface area contributed by atoms with Gasteiger partial charge in [0.15, 0.2) is 0 Å². The summed E-state index contributed by atoms with van der Waals surface area (Å²) in [6, 6.07) is 0.746. The molecule has 0 unspecified atom stereocenters. The summed E-state index contributed by atoms with van der Waals surface area (Å²) in [7, 11) is 0. The van der Waals surface area contributed by atoms with Gasteiger partial charge in [-0.05, 0) is 31.8 Å². The average Bonchev–Trinajstić information content (AvgIpc) is 3.23. The van der Waals surface area contributed by atoms with E-state index in [-0.39, 0.29) is 5.91 Å². The summed E-state index contributed by atoms with van der Waals surface area (Å²) in [6.07, 6.45) is 8.85. The number of carbonyl (C=O) groups is 1. The predicted molar refractivity (Wildman–Crippen MR) is 106 cm³/mol. The lowest BCUT2D eigenvalue weighted by Gasteiger charge is -2.37. The van der Waals surface area contributed by atoms with Crippen molar-refractivity contribution in [2.45, 2.75) is 59.0 Å². The number of amides is 1. The van der Waals surface area contributed by atoms with Crippen LogP contribution in [-0.2, 0) is 11.3 Å². The molecule has 1 saturated heterocycles. The molecule has 1 aliphatic heterocycles. The van der Waals surface area contributed by atoms with Crippen LogP contribution in [0.2, 0.25) is 5.15 Å². The zero-order chi connectivity index (χ0) is 18.7. The molecular formula is C20H31ClN4O. The van der Waals surface area contributed by atoms with Gasteiger partial charge in [0.1, 0.15) is 5.15 Å². The fraction of sp³-hybridized carbons (Fsp3) is 0.700. The topological polar surface area (TPSA) is 41.4 Å². The van der Waals surface area contributed by atoms with Crippen LogP contribution in [0.25, 0.3) is 6.08 Å². The molecule has 1 saturated carbocycles. The number of aromatic nitrogens is 2. The van der Waals surface area contributed by atoms with Crippen molar-refractivity contribution >= 4 is 23.6 Å². The van der Waals surface area contributed by atoms with Crippen LogP contribution >= 0.6 is 11.6 Å². The first-order valence-corrected chi connectivity index (χ1v) is 10.3. The monoisotopic (exact) mass is 378 g/mol. The summed E-state index contributed by atoms with van der Waals surface area (Å²) in [4.78, 5) is 17.1. The molecule has 26 heavy (non-hydrogen) atoms. The number of hydrogen-bond acceptors (Lipinski definition) is 3. The van der Waals surface area contributed by atoms with Crippen molar-refractivity contribution in [2.75, 3.05) is 26.2 Å². The van der Waals surface area contributed by atoms with Crippen molar-refractivity contribution in [1.82, 2.24) is 19.6 Å². The highest BCUT2D eigenvalue weighted by Gasteiger charge is 2.27. The van der Waals surface area contributed by atoms with Crippen molar-refractivity contribution in [3.8, 4) is 0 Å². The first-order chi connectivity index (χ1) is 12.5. The molecule has 0 atom stereocenters. The van der Waals surface area contributed by atoms with E-state index in [0.717, 1.165) is 50.0 Å². The predicted octanol–water partition coefficient (Wildman–Crippen LogP) is 3.60. The van der Waals surface area contributed by atoms with E-state index in [9.17, 15) is 4.79 Å². The largest absolute Gasteiger partial charge is 0.337 e. The van der Waals surface area contributed by atoms with E-state index in [1.165, 1.54) is 25.7 Å². The van der Waals surface area contributed by atoms with Gasteiger partial charge in [-0.3, -0.25) is 14.4 Å². The van der Waals surface area contributed by atoms with E-state index in [0.29, 0.717) is 11.1 Å². The van der Waals surface area contributed by atoms with Crippen LogP contribution in [0.1, 0.15) is 50.8 Å². The van der Waals surface area contributed by atoms with Gasteiger partial charge in [0, 0.05) is 50.4 Å². The van der Waals surface area contributed by atoms with Gasteiger partial charge in [-0.1, -0.05) is 38.3 Å². The highest BCUT2D eigenvalue weighted by molar-refractivity contribution is 6.31. The van der Waals surface area contributed by atoms with E-state index in [2.05, 4.69) is 23.8 Å². The quantitative estimate of drug-likeness (QED) is 0.735. The van der Waals surface area contributed by atoms with Crippen molar-refractivity contribution in [3.63, 3.8) is 0 Å². The minimum Gasteiger partial charge on any atom is -0.337 e. The van der Waals surface area contributed by atoms with E-state index < -0.39 is 0 Å². The Bertz CT molecular complexity index is 653. The maximum absolute atomic E-state index is 12.6. The molecule has 1 aliphatic carbocycles. The third-order valence-corrected chi connectivity index (χ3v) is 5.91. The summed E-state index contributed by atoms with van der Waals surface area (Å²) < 4.78 is 1.83. The third kappa shape index (κ3) is 4.49.